The molecule has 0 radical (unpaired) electrons. The summed E-state index contributed by atoms with van der Waals surface area (Å²) in [6, 6.07) is 0. The molecular formula is C6H6Cl2N4. The lowest BCUT2D eigenvalue weighted by molar-refractivity contribution is 0.752. The molecule has 0 aromatic carbocycles. The van der Waals surface area contributed by atoms with Gasteiger partial charge in [0.2, 0.25) is 0 Å². The summed E-state index contributed by atoms with van der Waals surface area (Å²) < 4.78 is 0. The van der Waals surface area contributed by atoms with Gasteiger partial charge >= 0.3 is 0 Å². The molecule has 2 rings (SSSR count). The molecule has 0 unspecified atom stereocenters. The number of hydrogen-bond donors (Lipinski definition) is 3. The van der Waals surface area contributed by atoms with Crippen molar-refractivity contribution in [3.05, 3.63) is 23.3 Å². The van der Waals surface area contributed by atoms with Crippen molar-refractivity contribution in [1.29, 1.82) is 0 Å². The fourth-order valence-electron chi connectivity index (χ4n) is 0.978. The molecule has 0 saturated heterocycles. The summed E-state index contributed by atoms with van der Waals surface area (Å²) in [4.78, 5) is 4.06. The first-order valence-electron chi connectivity index (χ1n) is 3.34. The molecule has 0 aromatic rings. The zero-order valence-electron chi connectivity index (χ0n) is 5.94. The lowest BCUT2D eigenvalue weighted by Crippen LogP contribution is -2.40. The highest BCUT2D eigenvalue weighted by Gasteiger charge is 2.20. The molecule has 2 aliphatic heterocycles. The number of nitrogens with one attached hydrogen (secondary N) is 3. The fraction of sp³-hybridized carbons (Fsp3) is 0.167. The normalized spacial score (nSPS) is 26.5. The Kier molecular flexibility index (Phi) is 1.86. The minimum atomic E-state index is -0.503. The monoisotopic (exact) mass is 204 g/mol. The Balaban J connectivity index is 2.38. The molecule has 0 amide bonds. The highest BCUT2D eigenvalue weighted by atomic mass is 35.5. The molecule has 0 fully saturated rings. The largest absolute Gasteiger partial charge is 0.355 e. The number of nitrogens with zero attached hydrogens (tertiary/aromatic N) is 1. The van der Waals surface area contributed by atoms with Crippen LogP contribution in [0.2, 0.25) is 0 Å². The van der Waals surface area contributed by atoms with Crippen molar-refractivity contribution in [2.75, 3.05) is 0 Å². The first-order valence-corrected chi connectivity index (χ1v) is 4.15. The second-order valence-corrected chi connectivity index (χ2v) is 3.06. The Hall–Kier alpha value is -0.870. The number of halogens is 2. The minimum absolute atomic E-state index is 0.469. The Morgan fingerprint density at radius 3 is 2.92 bits per heavy atom. The zero-order valence-corrected chi connectivity index (χ0v) is 7.45. The van der Waals surface area contributed by atoms with E-state index < -0.39 is 5.62 Å². The highest BCUT2D eigenvalue weighted by molar-refractivity contribution is 6.33. The van der Waals surface area contributed by atoms with Gasteiger partial charge in [-0.05, 0) is 0 Å². The van der Waals surface area contributed by atoms with Crippen LogP contribution in [0.3, 0.4) is 0 Å². The van der Waals surface area contributed by atoms with E-state index in [2.05, 4.69) is 20.9 Å². The van der Waals surface area contributed by atoms with Crippen LogP contribution in [-0.2, 0) is 0 Å². The molecular weight excluding hydrogens is 199 g/mol. The molecule has 0 spiro atoms. The van der Waals surface area contributed by atoms with Gasteiger partial charge in [-0.3, -0.25) is 0 Å². The molecule has 0 bridgehead atoms. The SMILES string of the molecule is ClC1=C2NC=CNC2=N[C@@H](Cl)N1. The third-order valence-electron chi connectivity index (χ3n) is 1.48. The Morgan fingerprint density at radius 2 is 2.08 bits per heavy atom. The van der Waals surface area contributed by atoms with Gasteiger partial charge in [-0.15, -0.1) is 0 Å². The van der Waals surface area contributed by atoms with Crippen LogP contribution >= 0.6 is 23.2 Å². The summed E-state index contributed by atoms with van der Waals surface area (Å²) >= 11 is 11.6. The summed E-state index contributed by atoms with van der Waals surface area (Å²) in [5, 5.41) is 9.10. The average Bonchev–Trinajstić information content (AvgIpc) is 2.04. The summed E-state index contributed by atoms with van der Waals surface area (Å²) in [6.45, 7) is 0. The van der Waals surface area contributed by atoms with E-state index in [1.165, 1.54) is 0 Å². The zero-order chi connectivity index (χ0) is 8.55. The number of alkyl halides is 1. The molecule has 0 saturated carbocycles. The van der Waals surface area contributed by atoms with E-state index >= 15 is 0 Å². The lowest BCUT2D eigenvalue weighted by atomic mass is 10.3. The number of hydrogen-bond acceptors (Lipinski definition) is 4. The van der Waals surface area contributed by atoms with Gasteiger partial charge in [0.15, 0.2) is 11.5 Å². The molecule has 1 atom stereocenters. The highest BCUT2D eigenvalue weighted by Crippen LogP contribution is 2.15. The van der Waals surface area contributed by atoms with Gasteiger partial charge in [0.1, 0.15) is 10.9 Å². The van der Waals surface area contributed by atoms with Crippen molar-refractivity contribution in [3.63, 3.8) is 0 Å². The van der Waals surface area contributed by atoms with Gasteiger partial charge in [-0.25, -0.2) is 4.99 Å². The van der Waals surface area contributed by atoms with Gasteiger partial charge in [0, 0.05) is 12.4 Å². The summed E-state index contributed by atoms with van der Waals surface area (Å²) in [5.74, 6) is 0.654. The van der Waals surface area contributed by atoms with Crippen molar-refractivity contribution in [2.24, 2.45) is 4.99 Å². The number of rotatable bonds is 0. The molecule has 3 N–H and O–H groups in total. The van der Waals surface area contributed by atoms with E-state index in [0.717, 1.165) is 5.70 Å². The van der Waals surface area contributed by atoms with Crippen LogP contribution in [0.15, 0.2) is 28.2 Å². The van der Waals surface area contributed by atoms with Crippen molar-refractivity contribution in [1.82, 2.24) is 16.0 Å². The Bertz CT molecular complexity index is 294. The third kappa shape index (κ3) is 1.23. The number of amidine groups is 1. The van der Waals surface area contributed by atoms with Crippen LogP contribution in [0.1, 0.15) is 0 Å². The van der Waals surface area contributed by atoms with Crippen LogP contribution in [0.25, 0.3) is 0 Å². The van der Waals surface area contributed by atoms with Crippen molar-refractivity contribution in [3.8, 4) is 0 Å². The lowest BCUT2D eigenvalue weighted by Gasteiger charge is -2.23. The van der Waals surface area contributed by atoms with E-state index in [1.54, 1.807) is 12.4 Å². The van der Waals surface area contributed by atoms with Crippen LogP contribution in [0.4, 0.5) is 0 Å². The van der Waals surface area contributed by atoms with Crippen LogP contribution in [0, 0.1) is 0 Å². The molecule has 2 heterocycles. The molecule has 12 heavy (non-hydrogen) atoms. The number of aliphatic imine (C=N–C) groups is 1. The second-order valence-electron chi connectivity index (χ2n) is 2.27. The second kappa shape index (κ2) is 2.88. The maximum atomic E-state index is 5.85. The maximum Gasteiger partial charge on any atom is 0.198 e. The van der Waals surface area contributed by atoms with E-state index in [1.807, 2.05) is 0 Å². The summed E-state index contributed by atoms with van der Waals surface area (Å²) in [7, 11) is 0. The fourth-order valence-corrected chi connectivity index (χ4v) is 1.49. The van der Waals surface area contributed by atoms with Gasteiger partial charge in [-0.1, -0.05) is 23.2 Å². The predicted octanol–water partition coefficient (Wildman–Crippen LogP) is 0.582. The summed E-state index contributed by atoms with van der Waals surface area (Å²) in [6.07, 6.45) is 3.45. The van der Waals surface area contributed by atoms with Gasteiger partial charge in [0.25, 0.3) is 0 Å². The van der Waals surface area contributed by atoms with E-state index in [4.69, 9.17) is 23.2 Å². The standard InChI is InChI=1S/C6H6Cl2N4/c7-4-3-5(10-2-1-9-3)12-6(8)11-4/h1-2,6,9,11H,(H,10,12)/t6-/m0/s1. The maximum absolute atomic E-state index is 5.85. The van der Waals surface area contributed by atoms with E-state index in [0.29, 0.717) is 11.0 Å². The molecule has 2 aliphatic rings. The van der Waals surface area contributed by atoms with Crippen LogP contribution in [0.5, 0.6) is 0 Å². The topological polar surface area (TPSA) is 48.5 Å². The molecule has 64 valence electrons. The van der Waals surface area contributed by atoms with E-state index in [-0.39, 0.29) is 0 Å². The third-order valence-corrected chi connectivity index (χ3v) is 1.98. The Labute approximate surface area is 79.3 Å². The molecule has 6 heteroatoms. The van der Waals surface area contributed by atoms with Crippen LogP contribution in [-0.4, -0.2) is 11.5 Å². The molecule has 4 nitrogen and oxygen atoms in total. The smallest absolute Gasteiger partial charge is 0.198 e. The van der Waals surface area contributed by atoms with Gasteiger partial charge in [-0.2, -0.15) is 0 Å². The number of fused-ring (bicyclic) bond motifs is 1. The van der Waals surface area contributed by atoms with Crippen molar-refractivity contribution < 1.29 is 0 Å². The van der Waals surface area contributed by atoms with Crippen molar-refractivity contribution >= 4 is 29.0 Å². The summed E-state index contributed by atoms with van der Waals surface area (Å²) in [5.41, 5.74) is 0.216. The average molecular weight is 205 g/mol. The quantitative estimate of drug-likeness (QED) is 0.400. The Morgan fingerprint density at radius 1 is 1.33 bits per heavy atom. The van der Waals surface area contributed by atoms with Crippen LogP contribution < -0.4 is 16.0 Å². The van der Waals surface area contributed by atoms with Gasteiger partial charge < -0.3 is 16.0 Å². The van der Waals surface area contributed by atoms with Crippen molar-refractivity contribution in [2.45, 2.75) is 5.62 Å². The molecule has 0 aliphatic carbocycles. The first kappa shape index (κ1) is 7.76. The predicted molar refractivity (Wildman–Crippen MR) is 48.5 cm³/mol. The first-order chi connectivity index (χ1) is 5.77. The minimum Gasteiger partial charge on any atom is -0.355 e. The van der Waals surface area contributed by atoms with E-state index in [9.17, 15) is 0 Å². The van der Waals surface area contributed by atoms with Gasteiger partial charge in [0.05, 0.1) is 0 Å². The molecule has 0 aromatic heterocycles.